The van der Waals surface area contributed by atoms with Crippen molar-refractivity contribution in [3.05, 3.63) is 0 Å². The highest BCUT2D eigenvalue weighted by Crippen LogP contribution is 2.17. The molecule has 0 spiro atoms. The Morgan fingerprint density at radius 2 is 1.88 bits per heavy atom. The van der Waals surface area contributed by atoms with Gasteiger partial charge in [0.15, 0.2) is 0 Å². The molecule has 1 aliphatic heterocycles. The summed E-state index contributed by atoms with van der Waals surface area (Å²) in [6.07, 6.45) is 9.35. The van der Waals surface area contributed by atoms with Gasteiger partial charge in [0.25, 0.3) is 0 Å². The van der Waals surface area contributed by atoms with Gasteiger partial charge in [-0.3, -0.25) is 0 Å². The van der Waals surface area contributed by atoms with Crippen LogP contribution < -0.4 is 10.6 Å². The number of piperidine rings is 1. The summed E-state index contributed by atoms with van der Waals surface area (Å²) in [4.78, 5) is 11.6. The Balaban J connectivity index is 1.59. The lowest BCUT2D eigenvalue weighted by atomic mass is 9.96. The van der Waals surface area contributed by atoms with Crippen LogP contribution >= 0.6 is 0 Å². The Labute approximate surface area is 103 Å². The summed E-state index contributed by atoms with van der Waals surface area (Å²) in [7, 11) is 0. The van der Waals surface area contributed by atoms with E-state index in [4.69, 9.17) is 4.74 Å². The zero-order valence-corrected chi connectivity index (χ0v) is 10.5. The molecular formula is C13H24N2O2. The molecule has 4 nitrogen and oxygen atoms in total. The molecule has 1 aliphatic carbocycles. The molecular weight excluding hydrogens is 216 g/mol. The first-order valence-corrected chi connectivity index (χ1v) is 7.01. The molecule has 1 saturated carbocycles. The molecule has 1 saturated heterocycles. The van der Waals surface area contributed by atoms with Crippen LogP contribution in [-0.4, -0.2) is 31.3 Å². The van der Waals surface area contributed by atoms with E-state index < -0.39 is 0 Å². The highest BCUT2D eigenvalue weighted by molar-refractivity contribution is 5.67. The van der Waals surface area contributed by atoms with E-state index in [0.29, 0.717) is 18.7 Å². The minimum Gasteiger partial charge on any atom is -0.448 e. The van der Waals surface area contributed by atoms with Crippen molar-refractivity contribution >= 4 is 6.09 Å². The van der Waals surface area contributed by atoms with E-state index in [2.05, 4.69) is 10.6 Å². The van der Waals surface area contributed by atoms with E-state index in [9.17, 15) is 4.79 Å². The van der Waals surface area contributed by atoms with Crippen molar-refractivity contribution < 1.29 is 9.53 Å². The van der Waals surface area contributed by atoms with Crippen LogP contribution in [0.2, 0.25) is 0 Å². The van der Waals surface area contributed by atoms with Gasteiger partial charge in [0.1, 0.15) is 6.61 Å². The lowest BCUT2D eigenvalue weighted by molar-refractivity contribution is 0.122. The summed E-state index contributed by atoms with van der Waals surface area (Å²) < 4.78 is 5.27. The van der Waals surface area contributed by atoms with Crippen molar-refractivity contribution in [3.63, 3.8) is 0 Å². The van der Waals surface area contributed by atoms with Gasteiger partial charge in [-0.05, 0) is 32.2 Å². The van der Waals surface area contributed by atoms with Crippen molar-refractivity contribution in [3.8, 4) is 0 Å². The van der Waals surface area contributed by atoms with Crippen LogP contribution in [0.15, 0.2) is 0 Å². The molecule has 0 aromatic rings. The minimum atomic E-state index is -0.232. The predicted octanol–water partition coefficient (Wildman–Crippen LogP) is 2.19. The number of carbonyl (C=O) groups is 1. The van der Waals surface area contributed by atoms with Gasteiger partial charge in [-0.15, -0.1) is 0 Å². The zero-order valence-electron chi connectivity index (χ0n) is 10.5. The average Bonchev–Trinajstić information content (AvgIpc) is 2.39. The van der Waals surface area contributed by atoms with Gasteiger partial charge in [0, 0.05) is 12.1 Å². The maximum Gasteiger partial charge on any atom is 0.407 e. The van der Waals surface area contributed by atoms with Crippen LogP contribution in [0, 0.1) is 0 Å². The summed E-state index contributed by atoms with van der Waals surface area (Å²) in [5, 5.41) is 6.34. The molecule has 4 heteroatoms. The fraction of sp³-hybridized carbons (Fsp3) is 0.923. The van der Waals surface area contributed by atoms with Crippen LogP contribution in [-0.2, 0) is 4.74 Å². The molecule has 98 valence electrons. The summed E-state index contributed by atoms with van der Waals surface area (Å²) in [6, 6.07) is 0.705. The van der Waals surface area contributed by atoms with Gasteiger partial charge < -0.3 is 15.4 Å². The molecule has 0 unspecified atom stereocenters. The molecule has 0 aromatic heterocycles. The third-order valence-electron chi connectivity index (χ3n) is 3.76. The summed E-state index contributed by atoms with van der Waals surface area (Å²) in [5.41, 5.74) is 0. The second kappa shape index (κ2) is 6.84. The summed E-state index contributed by atoms with van der Waals surface area (Å²) in [5.74, 6) is 0. The topological polar surface area (TPSA) is 50.4 Å². The summed E-state index contributed by atoms with van der Waals surface area (Å²) in [6.45, 7) is 1.57. The SMILES string of the molecule is O=C(NC1CCCCC1)OC[C@H]1CCCCN1. The number of hydrogen-bond acceptors (Lipinski definition) is 3. The average molecular weight is 240 g/mol. The highest BCUT2D eigenvalue weighted by atomic mass is 16.5. The molecule has 0 radical (unpaired) electrons. The molecule has 2 rings (SSSR count). The van der Waals surface area contributed by atoms with E-state index >= 15 is 0 Å². The van der Waals surface area contributed by atoms with Crippen LogP contribution in [0.5, 0.6) is 0 Å². The first-order chi connectivity index (χ1) is 8.34. The normalized spacial score (nSPS) is 26.5. The first kappa shape index (κ1) is 12.7. The molecule has 17 heavy (non-hydrogen) atoms. The van der Waals surface area contributed by atoms with Gasteiger partial charge in [-0.2, -0.15) is 0 Å². The van der Waals surface area contributed by atoms with E-state index in [1.807, 2.05) is 0 Å². The van der Waals surface area contributed by atoms with E-state index in [0.717, 1.165) is 25.8 Å². The number of nitrogens with one attached hydrogen (secondary N) is 2. The van der Waals surface area contributed by atoms with Gasteiger partial charge in [0.2, 0.25) is 0 Å². The Hall–Kier alpha value is -0.770. The molecule has 0 bridgehead atoms. The smallest absolute Gasteiger partial charge is 0.407 e. The molecule has 1 heterocycles. The summed E-state index contributed by atoms with van der Waals surface area (Å²) >= 11 is 0. The predicted molar refractivity (Wildman–Crippen MR) is 67.0 cm³/mol. The van der Waals surface area contributed by atoms with Gasteiger partial charge >= 0.3 is 6.09 Å². The lowest BCUT2D eigenvalue weighted by Gasteiger charge is -2.25. The monoisotopic (exact) mass is 240 g/mol. The molecule has 2 N–H and O–H groups in total. The van der Waals surface area contributed by atoms with Gasteiger partial charge in [-0.25, -0.2) is 4.79 Å². The van der Waals surface area contributed by atoms with Crippen LogP contribution in [0.1, 0.15) is 51.4 Å². The lowest BCUT2D eigenvalue weighted by Crippen LogP contribution is -2.41. The van der Waals surface area contributed by atoms with Crippen molar-refractivity contribution in [1.29, 1.82) is 0 Å². The number of rotatable bonds is 3. The molecule has 2 aliphatic rings. The number of ether oxygens (including phenoxy) is 1. The van der Waals surface area contributed by atoms with Gasteiger partial charge in [0.05, 0.1) is 0 Å². The van der Waals surface area contributed by atoms with E-state index in [1.165, 1.54) is 32.1 Å². The van der Waals surface area contributed by atoms with Crippen molar-refractivity contribution in [1.82, 2.24) is 10.6 Å². The molecule has 2 fully saturated rings. The van der Waals surface area contributed by atoms with Gasteiger partial charge in [-0.1, -0.05) is 25.7 Å². The van der Waals surface area contributed by atoms with Crippen LogP contribution in [0.3, 0.4) is 0 Å². The van der Waals surface area contributed by atoms with E-state index in [1.54, 1.807) is 0 Å². The quantitative estimate of drug-likeness (QED) is 0.795. The van der Waals surface area contributed by atoms with Crippen molar-refractivity contribution in [2.75, 3.05) is 13.2 Å². The maximum atomic E-state index is 11.6. The number of amides is 1. The molecule has 1 amide bonds. The largest absolute Gasteiger partial charge is 0.448 e. The second-order valence-electron chi connectivity index (χ2n) is 5.22. The van der Waals surface area contributed by atoms with Crippen LogP contribution in [0.25, 0.3) is 0 Å². The molecule has 0 aromatic carbocycles. The third-order valence-corrected chi connectivity index (χ3v) is 3.76. The Morgan fingerprint density at radius 1 is 1.12 bits per heavy atom. The number of hydrogen-bond donors (Lipinski definition) is 2. The van der Waals surface area contributed by atoms with Crippen LogP contribution in [0.4, 0.5) is 4.79 Å². The number of carbonyl (C=O) groups excluding carboxylic acids is 1. The Morgan fingerprint density at radius 3 is 2.59 bits per heavy atom. The Kier molecular flexibility index (Phi) is 5.10. The minimum absolute atomic E-state index is 0.232. The zero-order chi connectivity index (χ0) is 11.9. The fourth-order valence-corrected chi connectivity index (χ4v) is 2.70. The van der Waals surface area contributed by atoms with E-state index in [-0.39, 0.29) is 6.09 Å². The standard InChI is InChI=1S/C13H24N2O2/c16-13(15-11-6-2-1-3-7-11)17-10-12-8-4-5-9-14-12/h11-12,14H,1-10H2,(H,15,16)/t12-/m1/s1. The van der Waals surface area contributed by atoms with Crippen molar-refractivity contribution in [2.45, 2.75) is 63.5 Å². The highest BCUT2D eigenvalue weighted by Gasteiger charge is 2.18. The second-order valence-corrected chi connectivity index (χ2v) is 5.22. The molecule has 1 atom stereocenters. The first-order valence-electron chi connectivity index (χ1n) is 7.01. The maximum absolute atomic E-state index is 11.6. The third kappa shape index (κ3) is 4.54. The Bertz CT molecular complexity index is 234. The fourth-order valence-electron chi connectivity index (χ4n) is 2.70. The number of alkyl carbamates (subject to hydrolysis) is 1. The van der Waals surface area contributed by atoms with Crippen molar-refractivity contribution in [2.24, 2.45) is 0 Å².